The Labute approximate surface area is 118 Å². The quantitative estimate of drug-likeness (QED) is 0.791. The van der Waals surface area contributed by atoms with Crippen molar-refractivity contribution in [1.29, 1.82) is 0 Å². The first-order valence-electron chi connectivity index (χ1n) is 6.94. The molecule has 2 N–H and O–H groups in total. The SMILES string of the molecule is CCn1nc(C)cc1CC(N)c1coc2ccccc12. The van der Waals surface area contributed by atoms with Gasteiger partial charge in [-0.3, -0.25) is 4.68 Å². The first-order valence-corrected chi connectivity index (χ1v) is 6.94. The van der Waals surface area contributed by atoms with Crippen molar-refractivity contribution in [3.63, 3.8) is 0 Å². The minimum absolute atomic E-state index is 0.0833. The number of aryl methyl sites for hydroxylation is 2. The fourth-order valence-electron chi connectivity index (χ4n) is 2.66. The third kappa shape index (κ3) is 2.23. The first-order chi connectivity index (χ1) is 9.69. The summed E-state index contributed by atoms with van der Waals surface area (Å²) in [4.78, 5) is 0. The fraction of sp³-hybridized carbons (Fsp3) is 0.312. The van der Waals surface area contributed by atoms with Gasteiger partial charge in [-0.2, -0.15) is 5.10 Å². The average Bonchev–Trinajstić information content (AvgIpc) is 3.02. The van der Waals surface area contributed by atoms with Gasteiger partial charge in [0.15, 0.2) is 0 Å². The molecule has 0 aliphatic carbocycles. The summed E-state index contributed by atoms with van der Waals surface area (Å²) in [5.74, 6) is 0. The van der Waals surface area contributed by atoms with Crippen LogP contribution in [0.2, 0.25) is 0 Å². The maximum absolute atomic E-state index is 6.37. The number of aromatic nitrogens is 2. The van der Waals surface area contributed by atoms with E-state index in [2.05, 4.69) is 24.2 Å². The number of para-hydroxylation sites is 1. The molecule has 0 amide bonds. The molecule has 1 unspecified atom stereocenters. The standard InChI is InChI=1S/C16H19N3O/c1-3-19-12(8-11(2)18-19)9-15(17)14-10-20-16-7-5-4-6-13(14)16/h4-8,10,15H,3,9,17H2,1-2H3. The Bertz CT molecular complexity index is 726. The molecular formula is C16H19N3O. The van der Waals surface area contributed by atoms with Crippen LogP contribution in [0.25, 0.3) is 11.0 Å². The Hall–Kier alpha value is -2.07. The Morgan fingerprint density at radius 3 is 2.95 bits per heavy atom. The Kier molecular flexibility index (Phi) is 3.32. The third-order valence-corrected chi connectivity index (χ3v) is 3.62. The summed E-state index contributed by atoms with van der Waals surface area (Å²) in [6.45, 7) is 4.96. The molecule has 0 saturated heterocycles. The van der Waals surface area contributed by atoms with Gasteiger partial charge in [-0.1, -0.05) is 18.2 Å². The molecule has 1 aromatic carbocycles. The number of fused-ring (bicyclic) bond motifs is 1. The van der Waals surface area contributed by atoms with Crippen LogP contribution in [0.5, 0.6) is 0 Å². The van der Waals surface area contributed by atoms with Crippen LogP contribution in [0.15, 0.2) is 41.0 Å². The lowest BCUT2D eigenvalue weighted by molar-refractivity contribution is 0.574. The lowest BCUT2D eigenvalue weighted by atomic mass is 10.0. The summed E-state index contributed by atoms with van der Waals surface area (Å²) in [5, 5.41) is 5.56. The molecule has 3 rings (SSSR count). The van der Waals surface area contributed by atoms with Crippen molar-refractivity contribution in [2.45, 2.75) is 32.9 Å². The van der Waals surface area contributed by atoms with Gasteiger partial charge in [0.05, 0.1) is 12.0 Å². The molecule has 104 valence electrons. The van der Waals surface area contributed by atoms with E-state index < -0.39 is 0 Å². The number of rotatable bonds is 4. The van der Waals surface area contributed by atoms with Crippen LogP contribution < -0.4 is 5.73 Å². The summed E-state index contributed by atoms with van der Waals surface area (Å²) in [6, 6.07) is 10.0. The number of hydrogen-bond acceptors (Lipinski definition) is 3. The van der Waals surface area contributed by atoms with Gasteiger partial charge in [-0.05, 0) is 26.0 Å². The molecule has 4 heteroatoms. The van der Waals surface area contributed by atoms with Crippen LogP contribution in [-0.4, -0.2) is 9.78 Å². The number of benzene rings is 1. The zero-order valence-corrected chi connectivity index (χ0v) is 11.8. The van der Waals surface area contributed by atoms with E-state index in [1.807, 2.05) is 29.8 Å². The van der Waals surface area contributed by atoms with Crippen LogP contribution in [0.1, 0.15) is 29.9 Å². The number of furan rings is 1. The summed E-state index contributed by atoms with van der Waals surface area (Å²) < 4.78 is 7.58. The molecule has 0 bridgehead atoms. The van der Waals surface area contributed by atoms with E-state index in [-0.39, 0.29) is 6.04 Å². The largest absolute Gasteiger partial charge is 0.464 e. The Morgan fingerprint density at radius 2 is 2.15 bits per heavy atom. The highest BCUT2D eigenvalue weighted by molar-refractivity contribution is 5.81. The van der Waals surface area contributed by atoms with Crippen molar-refractivity contribution in [3.05, 3.63) is 53.5 Å². The molecule has 20 heavy (non-hydrogen) atoms. The Morgan fingerprint density at radius 1 is 1.35 bits per heavy atom. The van der Waals surface area contributed by atoms with Gasteiger partial charge in [0.2, 0.25) is 0 Å². The topological polar surface area (TPSA) is 57.0 Å². The molecular weight excluding hydrogens is 250 g/mol. The zero-order valence-electron chi connectivity index (χ0n) is 11.8. The third-order valence-electron chi connectivity index (χ3n) is 3.62. The second-order valence-electron chi connectivity index (χ2n) is 5.09. The fourth-order valence-corrected chi connectivity index (χ4v) is 2.66. The highest BCUT2D eigenvalue weighted by Crippen LogP contribution is 2.27. The molecule has 2 aromatic heterocycles. The highest BCUT2D eigenvalue weighted by atomic mass is 16.3. The lowest BCUT2D eigenvalue weighted by Gasteiger charge is -2.11. The number of nitrogens with zero attached hydrogens (tertiary/aromatic N) is 2. The van der Waals surface area contributed by atoms with Crippen molar-refractivity contribution >= 4 is 11.0 Å². The van der Waals surface area contributed by atoms with Gasteiger partial charge >= 0.3 is 0 Å². The molecule has 0 saturated carbocycles. The monoisotopic (exact) mass is 269 g/mol. The summed E-state index contributed by atoms with van der Waals surface area (Å²) in [5.41, 5.74) is 10.5. The second-order valence-corrected chi connectivity index (χ2v) is 5.09. The minimum Gasteiger partial charge on any atom is -0.464 e. The van der Waals surface area contributed by atoms with Crippen molar-refractivity contribution in [2.24, 2.45) is 5.73 Å². The molecule has 2 heterocycles. The van der Waals surface area contributed by atoms with Crippen LogP contribution in [0.4, 0.5) is 0 Å². The molecule has 0 radical (unpaired) electrons. The minimum atomic E-state index is -0.0833. The molecule has 0 spiro atoms. The molecule has 3 aromatic rings. The van der Waals surface area contributed by atoms with Crippen molar-refractivity contribution in [2.75, 3.05) is 0 Å². The highest BCUT2D eigenvalue weighted by Gasteiger charge is 2.16. The Balaban J connectivity index is 1.91. The van der Waals surface area contributed by atoms with Gasteiger partial charge in [-0.15, -0.1) is 0 Å². The molecule has 0 aliphatic rings. The summed E-state index contributed by atoms with van der Waals surface area (Å²) >= 11 is 0. The molecule has 0 fully saturated rings. The van der Waals surface area contributed by atoms with Gasteiger partial charge < -0.3 is 10.2 Å². The van der Waals surface area contributed by atoms with Crippen LogP contribution in [0.3, 0.4) is 0 Å². The van der Waals surface area contributed by atoms with Gasteiger partial charge in [0.1, 0.15) is 5.58 Å². The van der Waals surface area contributed by atoms with E-state index in [0.717, 1.165) is 35.2 Å². The van der Waals surface area contributed by atoms with E-state index in [9.17, 15) is 0 Å². The maximum atomic E-state index is 6.37. The molecule has 0 aliphatic heterocycles. The van der Waals surface area contributed by atoms with Crippen LogP contribution in [0, 0.1) is 6.92 Å². The van der Waals surface area contributed by atoms with Gasteiger partial charge in [-0.25, -0.2) is 0 Å². The smallest absolute Gasteiger partial charge is 0.134 e. The van der Waals surface area contributed by atoms with Crippen LogP contribution >= 0.6 is 0 Å². The van der Waals surface area contributed by atoms with Crippen LogP contribution in [-0.2, 0) is 13.0 Å². The van der Waals surface area contributed by atoms with E-state index in [0.29, 0.717) is 0 Å². The van der Waals surface area contributed by atoms with Crippen molar-refractivity contribution < 1.29 is 4.42 Å². The number of nitrogens with two attached hydrogens (primary N) is 1. The van der Waals surface area contributed by atoms with Crippen molar-refractivity contribution in [3.8, 4) is 0 Å². The van der Waals surface area contributed by atoms with E-state index >= 15 is 0 Å². The van der Waals surface area contributed by atoms with Crippen molar-refractivity contribution in [1.82, 2.24) is 9.78 Å². The predicted molar refractivity (Wildman–Crippen MR) is 79.5 cm³/mol. The summed E-state index contributed by atoms with van der Waals surface area (Å²) in [6.07, 6.45) is 2.53. The maximum Gasteiger partial charge on any atom is 0.134 e. The predicted octanol–water partition coefficient (Wildman–Crippen LogP) is 3.20. The average molecular weight is 269 g/mol. The van der Waals surface area contributed by atoms with E-state index in [1.54, 1.807) is 6.26 Å². The summed E-state index contributed by atoms with van der Waals surface area (Å²) in [7, 11) is 0. The second kappa shape index (κ2) is 5.13. The van der Waals surface area contributed by atoms with Gasteiger partial charge in [0, 0.05) is 35.7 Å². The van der Waals surface area contributed by atoms with E-state index in [4.69, 9.17) is 10.2 Å². The lowest BCUT2D eigenvalue weighted by Crippen LogP contribution is -2.15. The zero-order chi connectivity index (χ0) is 14.1. The van der Waals surface area contributed by atoms with E-state index in [1.165, 1.54) is 5.69 Å². The first kappa shape index (κ1) is 12.9. The van der Waals surface area contributed by atoms with Gasteiger partial charge in [0.25, 0.3) is 0 Å². The number of hydrogen-bond donors (Lipinski definition) is 1. The normalized spacial score (nSPS) is 12.9. The molecule has 1 atom stereocenters. The molecule has 4 nitrogen and oxygen atoms in total.